The maximum atomic E-state index is 13.8. The van der Waals surface area contributed by atoms with Gasteiger partial charge >= 0.3 is 12.1 Å². The van der Waals surface area contributed by atoms with E-state index in [1.54, 1.807) is 27.7 Å². The van der Waals surface area contributed by atoms with E-state index in [0.29, 0.717) is 32.7 Å². The number of ether oxygens (including phenoxy) is 1. The summed E-state index contributed by atoms with van der Waals surface area (Å²) in [6, 6.07) is -4.59. The zero-order valence-electron chi connectivity index (χ0n) is 24.7. The molecule has 2 aliphatic rings. The number of morpholine rings is 1. The Morgan fingerprint density at radius 2 is 1.31 bits per heavy atom. The molecule has 1 unspecified atom stereocenters. The molecule has 0 aromatic heterocycles. The molecular formula is C27H41F5N4O6. The quantitative estimate of drug-likeness (QED) is 0.272. The van der Waals surface area contributed by atoms with Gasteiger partial charge < -0.3 is 25.2 Å². The number of halogens is 5. The third-order valence-corrected chi connectivity index (χ3v) is 7.52. The molecule has 4 amide bonds. The van der Waals surface area contributed by atoms with Crippen molar-refractivity contribution in [2.24, 2.45) is 23.7 Å². The van der Waals surface area contributed by atoms with Crippen molar-refractivity contribution in [3.63, 3.8) is 0 Å². The van der Waals surface area contributed by atoms with Crippen LogP contribution in [0.2, 0.25) is 0 Å². The van der Waals surface area contributed by atoms with E-state index in [4.69, 9.17) is 4.74 Å². The zero-order chi connectivity index (χ0) is 32.2. The molecule has 42 heavy (non-hydrogen) atoms. The molecule has 0 aromatic rings. The van der Waals surface area contributed by atoms with Gasteiger partial charge in [0.25, 0.3) is 0 Å². The van der Waals surface area contributed by atoms with E-state index in [1.807, 2.05) is 5.32 Å². The van der Waals surface area contributed by atoms with Crippen LogP contribution in [0.25, 0.3) is 0 Å². The number of ketones is 1. The average Bonchev–Trinajstić information content (AvgIpc) is 3.39. The highest BCUT2D eigenvalue weighted by Gasteiger charge is 2.65. The molecule has 2 heterocycles. The molecule has 2 aliphatic heterocycles. The first kappa shape index (κ1) is 35.4. The van der Waals surface area contributed by atoms with Gasteiger partial charge in [-0.05, 0) is 30.6 Å². The summed E-state index contributed by atoms with van der Waals surface area (Å²) in [5, 5.41) is 4.65. The van der Waals surface area contributed by atoms with Crippen LogP contribution >= 0.6 is 0 Å². The minimum atomic E-state index is -6.14. The molecule has 240 valence electrons. The second kappa shape index (κ2) is 14.1. The lowest BCUT2D eigenvalue weighted by Crippen LogP contribution is -2.60. The van der Waals surface area contributed by atoms with Crippen LogP contribution < -0.4 is 10.6 Å². The predicted octanol–water partition coefficient (Wildman–Crippen LogP) is 2.16. The summed E-state index contributed by atoms with van der Waals surface area (Å²) < 4.78 is 71.4. The van der Waals surface area contributed by atoms with Crippen LogP contribution in [-0.4, -0.2) is 102 Å². The van der Waals surface area contributed by atoms with Crippen LogP contribution in [0.15, 0.2) is 0 Å². The van der Waals surface area contributed by atoms with Gasteiger partial charge in [0.15, 0.2) is 0 Å². The first-order chi connectivity index (χ1) is 19.3. The van der Waals surface area contributed by atoms with Gasteiger partial charge in [0.05, 0.1) is 19.3 Å². The fourth-order valence-corrected chi connectivity index (χ4v) is 5.04. The Morgan fingerprint density at radius 3 is 1.79 bits per heavy atom. The van der Waals surface area contributed by atoms with Crippen molar-refractivity contribution in [3.8, 4) is 0 Å². The average molecular weight is 613 g/mol. The van der Waals surface area contributed by atoms with Crippen molar-refractivity contribution < 1.29 is 50.7 Å². The van der Waals surface area contributed by atoms with Gasteiger partial charge in [-0.2, -0.15) is 22.0 Å². The molecule has 15 heteroatoms. The Kier molecular flexibility index (Phi) is 11.9. The Morgan fingerprint density at radius 1 is 0.762 bits per heavy atom. The minimum Gasteiger partial charge on any atom is -0.378 e. The number of hydrogen-bond donors (Lipinski definition) is 2. The van der Waals surface area contributed by atoms with Crippen molar-refractivity contribution in [3.05, 3.63) is 0 Å². The largest absolute Gasteiger partial charge is 0.461 e. The van der Waals surface area contributed by atoms with Gasteiger partial charge in [0, 0.05) is 19.6 Å². The van der Waals surface area contributed by atoms with Gasteiger partial charge in [0.1, 0.15) is 18.0 Å². The molecule has 0 aliphatic carbocycles. The van der Waals surface area contributed by atoms with E-state index in [1.165, 1.54) is 18.7 Å². The summed E-state index contributed by atoms with van der Waals surface area (Å²) in [7, 11) is 0. The van der Waals surface area contributed by atoms with E-state index in [2.05, 4.69) is 5.32 Å². The third-order valence-electron chi connectivity index (χ3n) is 7.52. The minimum absolute atomic E-state index is 0.0509. The van der Waals surface area contributed by atoms with Gasteiger partial charge in [-0.15, -0.1) is 0 Å². The van der Waals surface area contributed by atoms with E-state index in [0.717, 1.165) is 4.90 Å². The lowest BCUT2D eigenvalue weighted by molar-refractivity contribution is -0.270. The molecule has 0 aromatic carbocycles. The van der Waals surface area contributed by atoms with E-state index in [9.17, 15) is 45.9 Å². The Balaban J connectivity index is 2.23. The van der Waals surface area contributed by atoms with Crippen LogP contribution in [0, 0.1) is 23.7 Å². The number of nitrogens with zero attached hydrogens (tertiary/aromatic N) is 2. The number of amides is 4. The summed E-state index contributed by atoms with van der Waals surface area (Å²) in [6.45, 7) is 10.5. The van der Waals surface area contributed by atoms with Crippen LogP contribution in [0.5, 0.6) is 0 Å². The SMILES string of the molecule is CC(C)C(C(=O)N[C@H](C(=O)N1CCC[C@H]1C(=O)N[C@H](C(=O)C(F)(F)C(F)(F)F)C(C)C)C(C)C)C(=O)N1CCOCC1. The van der Waals surface area contributed by atoms with Crippen molar-refractivity contribution in [1.82, 2.24) is 20.4 Å². The molecule has 2 rings (SSSR count). The highest BCUT2D eigenvalue weighted by atomic mass is 19.4. The lowest BCUT2D eigenvalue weighted by atomic mass is 9.91. The predicted molar refractivity (Wildman–Crippen MR) is 140 cm³/mol. The number of hydrogen-bond acceptors (Lipinski definition) is 6. The fourth-order valence-electron chi connectivity index (χ4n) is 5.04. The van der Waals surface area contributed by atoms with Crippen LogP contribution in [0.3, 0.4) is 0 Å². The Hall–Kier alpha value is -2.84. The molecule has 0 spiro atoms. The highest BCUT2D eigenvalue weighted by molar-refractivity contribution is 6.02. The van der Waals surface area contributed by atoms with Crippen LogP contribution in [0.4, 0.5) is 22.0 Å². The second-order valence-corrected chi connectivity index (χ2v) is 11.7. The molecule has 2 saturated heterocycles. The smallest absolute Gasteiger partial charge is 0.378 e. The van der Waals surface area contributed by atoms with Crippen molar-refractivity contribution >= 4 is 29.4 Å². The maximum absolute atomic E-state index is 13.8. The number of rotatable bonds is 11. The van der Waals surface area contributed by atoms with Crippen LogP contribution in [0.1, 0.15) is 54.4 Å². The van der Waals surface area contributed by atoms with Gasteiger partial charge in [-0.1, -0.05) is 41.5 Å². The number of likely N-dealkylation sites (tertiary alicyclic amines) is 1. The van der Waals surface area contributed by atoms with Gasteiger partial charge in [0.2, 0.25) is 29.4 Å². The fraction of sp³-hybridized carbons (Fsp3) is 0.815. The molecular weight excluding hydrogens is 571 g/mol. The monoisotopic (exact) mass is 612 g/mol. The van der Waals surface area contributed by atoms with E-state index >= 15 is 0 Å². The van der Waals surface area contributed by atoms with E-state index < -0.39 is 83.3 Å². The summed E-state index contributed by atoms with van der Waals surface area (Å²) in [5.74, 6) is -14.1. The highest BCUT2D eigenvalue weighted by Crippen LogP contribution is 2.37. The number of Topliss-reactive ketones (excluding diaryl/α,β-unsaturated/α-hetero) is 1. The number of alkyl halides is 5. The molecule has 4 atom stereocenters. The summed E-state index contributed by atoms with van der Waals surface area (Å²) in [4.78, 5) is 68.1. The topological polar surface area (TPSA) is 125 Å². The Labute approximate surface area is 242 Å². The maximum Gasteiger partial charge on any atom is 0.461 e. The molecule has 2 N–H and O–H groups in total. The number of carbonyl (C=O) groups is 5. The normalized spacial score (nSPS) is 20.5. The summed E-state index contributed by atoms with van der Waals surface area (Å²) >= 11 is 0. The molecule has 0 saturated carbocycles. The van der Waals surface area contributed by atoms with Crippen molar-refractivity contribution in [2.45, 2.75) is 84.6 Å². The molecule has 10 nitrogen and oxygen atoms in total. The van der Waals surface area contributed by atoms with Gasteiger partial charge in [-0.25, -0.2) is 0 Å². The van der Waals surface area contributed by atoms with E-state index in [-0.39, 0.29) is 13.0 Å². The van der Waals surface area contributed by atoms with Gasteiger partial charge in [-0.3, -0.25) is 24.0 Å². The molecule has 0 bridgehead atoms. The van der Waals surface area contributed by atoms with Crippen LogP contribution in [-0.2, 0) is 28.7 Å². The number of nitrogens with one attached hydrogen (secondary N) is 2. The second-order valence-electron chi connectivity index (χ2n) is 11.7. The first-order valence-corrected chi connectivity index (χ1v) is 14.1. The standard InChI is InChI=1S/C27H41F5N4O6/c1-14(2)18(24(40)35-10-12-42-13-11-35)23(39)34-20(16(5)6)25(41)36-9-7-8-17(36)22(38)33-19(15(3)4)21(37)26(28,29)27(30,31)32/h14-20H,7-13H2,1-6H3,(H,33,38)(H,34,39)/t17-,18?,19-,20-/m0/s1. The molecule has 0 radical (unpaired) electrons. The first-order valence-electron chi connectivity index (χ1n) is 14.1. The van der Waals surface area contributed by atoms with Crippen molar-refractivity contribution in [2.75, 3.05) is 32.8 Å². The number of carbonyl (C=O) groups excluding carboxylic acids is 5. The lowest BCUT2D eigenvalue weighted by Gasteiger charge is -2.34. The molecule has 2 fully saturated rings. The summed E-state index contributed by atoms with van der Waals surface area (Å²) in [6.07, 6.45) is -5.77. The van der Waals surface area contributed by atoms with Crippen molar-refractivity contribution in [1.29, 1.82) is 0 Å². The third kappa shape index (κ3) is 7.95. The zero-order valence-corrected chi connectivity index (χ0v) is 24.7. The Bertz CT molecular complexity index is 1010. The summed E-state index contributed by atoms with van der Waals surface area (Å²) in [5.41, 5.74) is 0.